The Morgan fingerprint density at radius 2 is 1.96 bits per heavy atom. The molecule has 0 saturated heterocycles. The fourth-order valence-electron chi connectivity index (χ4n) is 2.48. The van der Waals surface area contributed by atoms with E-state index in [0.29, 0.717) is 6.73 Å². The largest absolute Gasteiger partial charge is 0.493 e. The van der Waals surface area contributed by atoms with Crippen LogP contribution in [-0.4, -0.2) is 46.0 Å². The van der Waals surface area contributed by atoms with Crippen LogP contribution in [0.1, 0.15) is 34.1 Å². The molecule has 0 radical (unpaired) electrons. The van der Waals surface area contributed by atoms with Gasteiger partial charge in [-0.2, -0.15) is 0 Å². The molecule has 0 fully saturated rings. The zero-order valence-corrected chi connectivity index (χ0v) is 18.4. The number of nitrogens with zero attached hydrogens (tertiary/aromatic N) is 4. The SMILES string of the molecule is CC.CCC.COc1ccc2cc1OCN(C)CSc1nc-2cc2nccn12. The summed E-state index contributed by atoms with van der Waals surface area (Å²) >= 11 is 1.66. The van der Waals surface area contributed by atoms with Crippen molar-refractivity contribution < 1.29 is 9.47 Å². The smallest absolute Gasteiger partial charge is 0.175 e. The molecule has 3 aromatic rings. The summed E-state index contributed by atoms with van der Waals surface area (Å²) in [6, 6.07) is 7.85. The van der Waals surface area contributed by atoms with Gasteiger partial charge in [0.1, 0.15) is 12.4 Å². The van der Waals surface area contributed by atoms with Gasteiger partial charge in [0.15, 0.2) is 16.7 Å². The van der Waals surface area contributed by atoms with Gasteiger partial charge in [-0.1, -0.05) is 45.9 Å². The van der Waals surface area contributed by atoms with E-state index in [1.165, 1.54) is 6.42 Å². The minimum Gasteiger partial charge on any atom is -0.493 e. The van der Waals surface area contributed by atoms with Crippen LogP contribution in [0.3, 0.4) is 0 Å². The van der Waals surface area contributed by atoms with Gasteiger partial charge in [-0.15, -0.1) is 0 Å². The second-order valence-corrected chi connectivity index (χ2v) is 6.97. The molecule has 0 N–H and O–H groups in total. The summed E-state index contributed by atoms with van der Waals surface area (Å²) in [5, 5.41) is 0.918. The molecule has 1 aromatic carbocycles. The van der Waals surface area contributed by atoms with Gasteiger partial charge in [0, 0.05) is 24.0 Å². The molecule has 6 nitrogen and oxygen atoms in total. The Balaban J connectivity index is 0.000000514. The number of hydrogen-bond acceptors (Lipinski definition) is 6. The van der Waals surface area contributed by atoms with Gasteiger partial charge < -0.3 is 9.47 Å². The summed E-state index contributed by atoms with van der Waals surface area (Å²) in [5.41, 5.74) is 2.75. The van der Waals surface area contributed by atoms with Crippen LogP contribution in [0.2, 0.25) is 0 Å². The molecule has 0 spiro atoms. The Kier molecular flexibility index (Phi) is 8.60. The zero-order valence-electron chi connectivity index (χ0n) is 17.6. The highest BCUT2D eigenvalue weighted by atomic mass is 32.2. The Labute approximate surface area is 171 Å². The summed E-state index contributed by atoms with van der Waals surface area (Å²) in [4.78, 5) is 11.3. The van der Waals surface area contributed by atoms with E-state index in [-0.39, 0.29) is 0 Å². The number of benzene rings is 1. The van der Waals surface area contributed by atoms with Gasteiger partial charge in [0.25, 0.3) is 0 Å². The van der Waals surface area contributed by atoms with Crippen molar-refractivity contribution in [1.82, 2.24) is 19.3 Å². The Hall–Kier alpha value is -2.25. The van der Waals surface area contributed by atoms with Gasteiger partial charge in [0.05, 0.1) is 18.7 Å². The van der Waals surface area contributed by atoms with Crippen molar-refractivity contribution in [3.05, 3.63) is 36.7 Å². The molecule has 1 aliphatic rings. The topological polar surface area (TPSA) is 51.9 Å². The van der Waals surface area contributed by atoms with E-state index >= 15 is 0 Å². The molecule has 152 valence electrons. The van der Waals surface area contributed by atoms with E-state index in [9.17, 15) is 0 Å². The van der Waals surface area contributed by atoms with E-state index in [1.807, 2.05) is 55.8 Å². The predicted molar refractivity (Wildman–Crippen MR) is 116 cm³/mol. The van der Waals surface area contributed by atoms with E-state index < -0.39 is 0 Å². The Morgan fingerprint density at radius 1 is 1.21 bits per heavy atom. The third-order valence-corrected chi connectivity index (χ3v) is 4.79. The number of thioether (sulfide) groups is 1. The molecule has 3 heterocycles. The lowest BCUT2D eigenvalue weighted by molar-refractivity contribution is 0.168. The molecule has 0 unspecified atom stereocenters. The fraction of sp³-hybridized carbons (Fsp3) is 0.429. The van der Waals surface area contributed by atoms with Crippen LogP contribution in [0.15, 0.2) is 41.8 Å². The molecule has 28 heavy (non-hydrogen) atoms. The number of imidazole rings is 1. The summed E-state index contributed by atoms with van der Waals surface area (Å²) < 4.78 is 13.3. The van der Waals surface area contributed by atoms with Crippen LogP contribution in [-0.2, 0) is 0 Å². The minimum atomic E-state index is 0.482. The first-order chi connectivity index (χ1) is 13.7. The van der Waals surface area contributed by atoms with Crippen LogP contribution in [0.5, 0.6) is 11.5 Å². The summed E-state index contributed by atoms with van der Waals surface area (Å²) in [6.45, 7) is 8.73. The molecule has 0 aliphatic carbocycles. The monoisotopic (exact) mass is 402 g/mol. The van der Waals surface area contributed by atoms with E-state index in [4.69, 9.17) is 14.5 Å². The zero-order chi connectivity index (χ0) is 20.5. The highest BCUT2D eigenvalue weighted by molar-refractivity contribution is 7.99. The van der Waals surface area contributed by atoms with Crippen LogP contribution in [0.4, 0.5) is 0 Å². The van der Waals surface area contributed by atoms with E-state index in [2.05, 4.69) is 23.7 Å². The molecule has 0 saturated carbocycles. The van der Waals surface area contributed by atoms with Crippen molar-refractivity contribution in [3.8, 4) is 22.8 Å². The van der Waals surface area contributed by atoms with Gasteiger partial charge in [0.2, 0.25) is 0 Å². The van der Waals surface area contributed by atoms with Crippen LogP contribution in [0.25, 0.3) is 16.9 Å². The quantitative estimate of drug-likeness (QED) is 0.523. The molecule has 4 bridgehead atoms. The number of methoxy groups -OCH3 is 1. The average molecular weight is 403 g/mol. The summed E-state index contributed by atoms with van der Waals surface area (Å²) in [7, 11) is 3.66. The lowest BCUT2D eigenvalue weighted by Gasteiger charge is -2.17. The second kappa shape index (κ2) is 10.9. The van der Waals surface area contributed by atoms with Gasteiger partial charge in [-0.3, -0.25) is 9.30 Å². The van der Waals surface area contributed by atoms with Gasteiger partial charge in [-0.05, 0) is 25.2 Å². The molecule has 0 atom stereocenters. The first-order valence-electron chi connectivity index (χ1n) is 9.63. The molecule has 2 aromatic heterocycles. The molecular formula is C21H30N4O2S. The molecular weight excluding hydrogens is 372 g/mol. The van der Waals surface area contributed by atoms with Crippen molar-refractivity contribution in [3.63, 3.8) is 0 Å². The van der Waals surface area contributed by atoms with Crippen LogP contribution < -0.4 is 9.47 Å². The minimum absolute atomic E-state index is 0.482. The molecule has 1 aliphatic heterocycles. The Morgan fingerprint density at radius 3 is 2.68 bits per heavy atom. The van der Waals surface area contributed by atoms with Crippen molar-refractivity contribution in [2.24, 2.45) is 0 Å². The van der Waals surface area contributed by atoms with Crippen molar-refractivity contribution in [2.45, 2.75) is 39.3 Å². The van der Waals surface area contributed by atoms with Crippen molar-refractivity contribution >= 4 is 17.4 Å². The summed E-state index contributed by atoms with van der Waals surface area (Å²) in [6.07, 6.45) is 4.98. The third kappa shape index (κ3) is 5.17. The maximum atomic E-state index is 5.91. The van der Waals surface area contributed by atoms with E-state index in [0.717, 1.165) is 39.4 Å². The average Bonchev–Trinajstić information content (AvgIpc) is 3.20. The first-order valence-corrected chi connectivity index (χ1v) is 10.6. The lowest BCUT2D eigenvalue weighted by atomic mass is 10.1. The number of rotatable bonds is 1. The maximum absolute atomic E-state index is 5.91. The molecule has 4 rings (SSSR count). The summed E-state index contributed by atoms with van der Waals surface area (Å²) in [5.74, 6) is 2.20. The fourth-order valence-corrected chi connectivity index (χ4v) is 3.35. The van der Waals surface area contributed by atoms with Crippen molar-refractivity contribution in [1.29, 1.82) is 0 Å². The second-order valence-electron chi connectivity index (χ2n) is 6.06. The first kappa shape index (κ1) is 22.0. The standard InChI is InChI=1S/C16H16N4O2S.C3H8.C2H6/c1-19-9-22-14-7-11(3-4-13(14)21-2)12-8-15-17-5-6-20(15)16(18-12)23-10-19;1-3-2;1-2/h3-8H,9-10H2,1-2H3;3H2,1-2H3;1-2H3. The highest BCUT2D eigenvalue weighted by Gasteiger charge is 2.15. The number of ether oxygens (including phenoxy) is 2. The number of fused-ring (bicyclic) bond motifs is 7. The van der Waals surface area contributed by atoms with Gasteiger partial charge in [-0.25, -0.2) is 9.97 Å². The normalized spacial score (nSPS) is 13.2. The Bertz CT molecular complexity index is 882. The van der Waals surface area contributed by atoms with Gasteiger partial charge >= 0.3 is 0 Å². The maximum Gasteiger partial charge on any atom is 0.175 e. The third-order valence-electron chi connectivity index (χ3n) is 3.67. The molecule has 7 heteroatoms. The lowest BCUT2D eigenvalue weighted by Crippen LogP contribution is -2.23. The highest BCUT2D eigenvalue weighted by Crippen LogP contribution is 2.34. The van der Waals surface area contributed by atoms with E-state index in [1.54, 1.807) is 25.1 Å². The van der Waals surface area contributed by atoms with Crippen LogP contribution >= 0.6 is 11.8 Å². The predicted octanol–water partition coefficient (Wildman–Crippen LogP) is 5.18. The van der Waals surface area contributed by atoms with Crippen molar-refractivity contribution in [2.75, 3.05) is 26.8 Å². The number of hydrogen-bond donors (Lipinski definition) is 0. The van der Waals surface area contributed by atoms with Crippen LogP contribution in [0, 0.1) is 0 Å². The molecule has 0 amide bonds. The number of aromatic nitrogens is 3.